The van der Waals surface area contributed by atoms with Crippen LogP contribution in [0.2, 0.25) is 0 Å². The summed E-state index contributed by atoms with van der Waals surface area (Å²) < 4.78 is 5.63. The zero-order chi connectivity index (χ0) is 25.2. The molecule has 0 spiro atoms. The van der Waals surface area contributed by atoms with Crippen LogP contribution in [0.3, 0.4) is 0 Å². The summed E-state index contributed by atoms with van der Waals surface area (Å²) in [5.41, 5.74) is 2.20. The highest BCUT2D eigenvalue weighted by Crippen LogP contribution is 2.34. The van der Waals surface area contributed by atoms with E-state index in [4.69, 9.17) is 4.74 Å². The van der Waals surface area contributed by atoms with Gasteiger partial charge in [-0.15, -0.1) is 0 Å². The van der Waals surface area contributed by atoms with E-state index in [1.165, 1.54) is 5.56 Å². The lowest BCUT2D eigenvalue weighted by molar-refractivity contribution is -0.134. The molecule has 2 aliphatic rings. The van der Waals surface area contributed by atoms with Crippen molar-refractivity contribution in [2.75, 3.05) is 32.0 Å². The van der Waals surface area contributed by atoms with Gasteiger partial charge in [0.15, 0.2) is 0 Å². The average molecular weight is 478 g/mol. The van der Waals surface area contributed by atoms with Gasteiger partial charge in [0.05, 0.1) is 5.92 Å². The average Bonchev–Trinajstić information content (AvgIpc) is 3.19. The van der Waals surface area contributed by atoms with Crippen LogP contribution in [0, 0.1) is 11.8 Å². The van der Waals surface area contributed by atoms with E-state index in [-0.39, 0.29) is 36.2 Å². The largest absolute Gasteiger partial charge is 0.444 e. The molecule has 1 unspecified atom stereocenters. The Hall–Kier alpha value is -3.35. The van der Waals surface area contributed by atoms with E-state index in [0.717, 1.165) is 12.0 Å². The fraction of sp³-hybridized carbons (Fsp3) is 0.464. The third kappa shape index (κ3) is 6.02. The van der Waals surface area contributed by atoms with Gasteiger partial charge in [0.25, 0.3) is 0 Å². The number of hydrogen-bond donors (Lipinski definition) is 1. The molecule has 3 atom stereocenters. The lowest BCUT2D eigenvalue weighted by atomic mass is 9.87. The predicted octanol–water partition coefficient (Wildman–Crippen LogP) is 4.30. The molecule has 35 heavy (non-hydrogen) atoms. The molecule has 2 aliphatic heterocycles. The molecule has 186 valence electrons. The summed E-state index contributed by atoms with van der Waals surface area (Å²) in [6, 6.07) is 17.7. The van der Waals surface area contributed by atoms with Crippen LogP contribution < -0.4 is 5.32 Å². The second kappa shape index (κ2) is 10.1. The Morgan fingerprint density at radius 3 is 2.40 bits per heavy atom. The number of rotatable bonds is 5. The fourth-order valence-electron chi connectivity index (χ4n) is 5.11. The minimum Gasteiger partial charge on any atom is -0.444 e. The molecule has 1 saturated heterocycles. The van der Waals surface area contributed by atoms with E-state index in [2.05, 4.69) is 17.4 Å². The van der Waals surface area contributed by atoms with Crippen molar-refractivity contribution in [3.8, 4) is 0 Å². The predicted molar refractivity (Wildman–Crippen MR) is 135 cm³/mol. The molecule has 2 aromatic carbocycles. The number of carbonyl (C=O) groups is 3. The number of fused-ring (bicyclic) bond motifs is 1. The number of hydrogen-bond acceptors (Lipinski definition) is 4. The monoisotopic (exact) mass is 477 g/mol. The third-order valence-corrected chi connectivity index (χ3v) is 6.75. The number of likely N-dealkylation sites (tertiary alicyclic amines) is 1. The van der Waals surface area contributed by atoms with Gasteiger partial charge in [-0.3, -0.25) is 9.59 Å². The van der Waals surface area contributed by atoms with Crippen LogP contribution in [-0.2, 0) is 20.7 Å². The number of benzene rings is 2. The molecule has 7 nitrogen and oxygen atoms in total. The van der Waals surface area contributed by atoms with Gasteiger partial charge in [-0.2, -0.15) is 0 Å². The highest BCUT2D eigenvalue weighted by atomic mass is 16.6. The molecule has 1 fully saturated rings. The van der Waals surface area contributed by atoms with E-state index >= 15 is 0 Å². The molecule has 3 amide bonds. The van der Waals surface area contributed by atoms with Crippen molar-refractivity contribution in [3.05, 3.63) is 65.7 Å². The SMILES string of the molecule is CN(C[C@H]1CN(C(=O)OC(C)(C)C)C[C@H]1Cc1ccccc1)C(=O)C1CC(=O)Nc2ccccc21. The van der Waals surface area contributed by atoms with Gasteiger partial charge in [0.1, 0.15) is 5.60 Å². The molecule has 7 heteroatoms. The summed E-state index contributed by atoms with van der Waals surface area (Å²) >= 11 is 0. The molecular weight excluding hydrogens is 442 g/mol. The number of ether oxygens (including phenoxy) is 1. The lowest BCUT2D eigenvalue weighted by Crippen LogP contribution is -2.40. The molecule has 2 aromatic rings. The summed E-state index contributed by atoms with van der Waals surface area (Å²) in [6.45, 7) is 7.23. The molecular formula is C28H35N3O4. The number of carbonyl (C=O) groups excluding carboxylic acids is 3. The number of anilines is 1. The van der Waals surface area contributed by atoms with E-state index in [1.807, 2.05) is 63.2 Å². The number of amides is 3. The fourth-order valence-corrected chi connectivity index (χ4v) is 5.11. The first-order valence-corrected chi connectivity index (χ1v) is 12.3. The van der Waals surface area contributed by atoms with Crippen LogP contribution in [0.5, 0.6) is 0 Å². The topological polar surface area (TPSA) is 79.0 Å². The van der Waals surface area contributed by atoms with E-state index < -0.39 is 11.5 Å². The summed E-state index contributed by atoms with van der Waals surface area (Å²) in [6.07, 6.45) is 0.647. The van der Waals surface area contributed by atoms with Crippen molar-refractivity contribution in [2.45, 2.75) is 45.1 Å². The zero-order valence-corrected chi connectivity index (χ0v) is 21.0. The van der Waals surface area contributed by atoms with Crippen molar-refractivity contribution < 1.29 is 19.1 Å². The maximum atomic E-state index is 13.5. The van der Waals surface area contributed by atoms with Gasteiger partial charge in [-0.1, -0.05) is 48.5 Å². The van der Waals surface area contributed by atoms with Crippen LogP contribution in [0.25, 0.3) is 0 Å². The number of nitrogens with one attached hydrogen (secondary N) is 1. The van der Waals surface area contributed by atoms with Crippen LogP contribution in [-0.4, -0.2) is 60.0 Å². The van der Waals surface area contributed by atoms with E-state index in [9.17, 15) is 14.4 Å². The molecule has 2 heterocycles. The van der Waals surface area contributed by atoms with Crippen molar-refractivity contribution in [1.29, 1.82) is 0 Å². The van der Waals surface area contributed by atoms with E-state index in [1.54, 1.807) is 16.8 Å². The van der Waals surface area contributed by atoms with Gasteiger partial charge in [0, 0.05) is 38.8 Å². The summed E-state index contributed by atoms with van der Waals surface area (Å²) in [7, 11) is 1.80. The lowest BCUT2D eigenvalue weighted by Gasteiger charge is -2.31. The first-order valence-electron chi connectivity index (χ1n) is 12.3. The summed E-state index contributed by atoms with van der Waals surface area (Å²) in [5.74, 6) is -0.414. The Bertz CT molecular complexity index is 1080. The second-order valence-electron chi connectivity index (χ2n) is 10.7. The Balaban J connectivity index is 1.50. The van der Waals surface area contributed by atoms with Crippen LogP contribution in [0.15, 0.2) is 54.6 Å². The molecule has 0 aromatic heterocycles. The smallest absolute Gasteiger partial charge is 0.410 e. The van der Waals surface area contributed by atoms with Gasteiger partial charge in [-0.25, -0.2) is 4.79 Å². The standard InChI is InChI=1S/C28H35N3O4/c1-28(2,3)35-27(34)31-17-20(14-19-10-6-5-7-11-19)21(18-31)16-30(4)26(33)23-15-25(32)29-24-13-9-8-12-22(23)24/h5-13,20-21,23H,14-18H2,1-4H3,(H,29,32)/t20-,21+,23?/m1/s1. The molecule has 0 aliphatic carbocycles. The summed E-state index contributed by atoms with van der Waals surface area (Å²) in [4.78, 5) is 42.1. The quantitative estimate of drug-likeness (QED) is 0.697. The Morgan fingerprint density at radius 1 is 1.03 bits per heavy atom. The Morgan fingerprint density at radius 2 is 1.69 bits per heavy atom. The number of likely N-dealkylation sites (N-methyl/N-ethyl adjacent to an activating group) is 1. The minimum atomic E-state index is -0.564. The molecule has 0 saturated carbocycles. The normalized spacial score (nSPS) is 21.8. The molecule has 0 radical (unpaired) electrons. The maximum absolute atomic E-state index is 13.5. The van der Waals surface area contributed by atoms with Crippen molar-refractivity contribution >= 4 is 23.6 Å². The summed E-state index contributed by atoms with van der Waals surface area (Å²) in [5, 5.41) is 2.86. The molecule has 4 rings (SSSR count). The van der Waals surface area contributed by atoms with Crippen molar-refractivity contribution in [3.63, 3.8) is 0 Å². The second-order valence-corrected chi connectivity index (χ2v) is 10.7. The van der Waals surface area contributed by atoms with Gasteiger partial charge in [0.2, 0.25) is 11.8 Å². The Labute approximate surface area is 207 Å². The third-order valence-electron chi connectivity index (χ3n) is 6.75. The van der Waals surface area contributed by atoms with Crippen molar-refractivity contribution in [2.24, 2.45) is 11.8 Å². The van der Waals surface area contributed by atoms with Crippen LogP contribution in [0.1, 0.15) is 44.2 Å². The minimum absolute atomic E-state index is 0.0681. The highest BCUT2D eigenvalue weighted by molar-refractivity contribution is 6.01. The highest BCUT2D eigenvalue weighted by Gasteiger charge is 2.39. The number of nitrogens with zero attached hydrogens (tertiary/aromatic N) is 2. The molecule has 0 bridgehead atoms. The first kappa shape index (κ1) is 24.8. The maximum Gasteiger partial charge on any atom is 0.410 e. The van der Waals surface area contributed by atoms with Gasteiger partial charge in [-0.05, 0) is 56.2 Å². The van der Waals surface area contributed by atoms with Gasteiger partial charge >= 0.3 is 6.09 Å². The van der Waals surface area contributed by atoms with Crippen LogP contribution in [0.4, 0.5) is 10.5 Å². The van der Waals surface area contributed by atoms with E-state index in [0.29, 0.717) is 25.3 Å². The van der Waals surface area contributed by atoms with Gasteiger partial charge < -0.3 is 19.9 Å². The van der Waals surface area contributed by atoms with Crippen molar-refractivity contribution in [1.82, 2.24) is 9.80 Å². The van der Waals surface area contributed by atoms with Crippen LogP contribution >= 0.6 is 0 Å². The Kier molecular flexibility index (Phi) is 7.15. The first-order chi connectivity index (χ1) is 16.6. The number of para-hydroxylation sites is 1. The molecule has 1 N–H and O–H groups in total. The zero-order valence-electron chi connectivity index (χ0n) is 21.0.